The van der Waals surface area contributed by atoms with Gasteiger partial charge in [-0.25, -0.2) is 0 Å². The van der Waals surface area contributed by atoms with Crippen LogP contribution in [0.4, 0.5) is 0 Å². The number of hydrogen-bond donors (Lipinski definition) is 0. The molecule has 18 heavy (non-hydrogen) atoms. The van der Waals surface area contributed by atoms with E-state index in [1.54, 1.807) is 0 Å². The summed E-state index contributed by atoms with van der Waals surface area (Å²) in [5.41, 5.74) is 0.979. The van der Waals surface area contributed by atoms with Gasteiger partial charge in [-0.1, -0.05) is 50.1 Å². The molecule has 0 saturated carbocycles. The van der Waals surface area contributed by atoms with Gasteiger partial charge in [0.15, 0.2) is 0 Å². The van der Waals surface area contributed by atoms with E-state index in [1.807, 2.05) is 18.2 Å². The number of allylic oxidation sites excluding steroid dienone is 1. The van der Waals surface area contributed by atoms with Crippen LogP contribution in [-0.2, 0) is 11.3 Å². The molecule has 0 bridgehead atoms. The molecule has 0 aliphatic heterocycles. The van der Waals surface area contributed by atoms with Crippen molar-refractivity contribution in [3.8, 4) is 0 Å². The highest BCUT2D eigenvalue weighted by Gasteiger charge is 2.13. The van der Waals surface area contributed by atoms with Crippen molar-refractivity contribution in [2.75, 3.05) is 0 Å². The van der Waals surface area contributed by atoms with E-state index >= 15 is 0 Å². The lowest BCUT2D eigenvalue weighted by atomic mass is 10.1. The van der Waals surface area contributed by atoms with Crippen LogP contribution in [0.25, 0.3) is 0 Å². The normalized spacial score (nSPS) is 12.2. The van der Waals surface area contributed by atoms with Crippen LogP contribution in [0.1, 0.15) is 52.0 Å². The smallest absolute Gasteiger partial charge is 0.0816 e. The minimum Gasteiger partial charge on any atom is -0.367 e. The molecule has 1 rings (SSSR count). The first-order valence-corrected chi connectivity index (χ1v) is 6.90. The standard InChI is InChI=1S/C17H25O/c1-4-5-6-7-11-14-17(2,3)18-15-16-12-9-8-10-13-16/h8-10,12-14H,4-7,15H2,1-3H3. The van der Waals surface area contributed by atoms with E-state index < -0.39 is 0 Å². The first kappa shape index (κ1) is 15.0. The van der Waals surface area contributed by atoms with E-state index in [-0.39, 0.29) is 5.60 Å². The van der Waals surface area contributed by atoms with Gasteiger partial charge >= 0.3 is 0 Å². The van der Waals surface area contributed by atoms with Gasteiger partial charge in [0, 0.05) is 0 Å². The number of ether oxygens (including phenoxy) is 1. The van der Waals surface area contributed by atoms with Gasteiger partial charge in [0.25, 0.3) is 0 Å². The fourth-order valence-electron chi connectivity index (χ4n) is 1.68. The van der Waals surface area contributed by atoms with Crippen molar-refractivity contribution >= 4 is 0 Å². The maximum atomic E-state index is 5.90. The SMILES string of the molecule is CCCCC[C]=CC(C)(C)OCc1ccccc1. The monoisotopic (exact) mass is 245 g/mol. The third-order valence-electron chi connectivity index (χ3n) is 2.83. The minimum atomic E-state index is -0.234. The molecule has 0 N–H and O–H groups in total. The molecule has 0 fully saturated rings. The topological polar surface area (TPSA) is 9.23 Å². The zero-order chi connectivity index (χ0) is 13.3. The van der Waals surface area contributed by atoms with Crippen molar-refractivity contribution < 1.29 is 4.74 Å². The van der Waals surface area contributed by atoms with Crippen LogP contribution in [0, 0.1) is 6.08 Å². The Morgan fingerprint density at radius 3 is 2.56 bits per heavy atom. The molecule has 0 unspecified atom stereocenters. The first-order chi connectivity index (χ1) is 8.64. The Morgan fingerprint density at radius 2 is 1.89 bits per heavy atom. The number of hydrogen-bond acceptors (Lipinski definition) is 1. The van der Waals surface area contributed by atoms with Gasteiger partial charge in [-0.05, 0) is 44.4 Å². The average molecular weight is 245 g/mol. The summed E-state index contributed by atoms with van der Waals surface area (Å²) in [6.45, 7) is 7.04. The zero-order valence-corrected chi connectivity index (χ0v) is 11.9. The molecule has 0 saturated heterocycles. The minimum absolute atomic E-state index is 0.234. The maximum absolute atomic E-state index is 5.90. The average Bonchev–Trinajstić information content (AvgIpc) is 2.38. The fraction of sp³-hybridized carbons (Fsp3) is 0.529. The van der Waals surface area contributed by atoms with Gasteiger partial charge in [0.05, 0.1) is 12.2 Å². The molecule has 1 nitrogen and oxygen atoms in total. The fourth-order valence-corrected chi connectivity index (χ4v) is 1.68. The van der Waals surface area contributed by atoms with Crippen LogP contribution in [0.5, 0.6) is 0 Å². The Balaban J connectivity index is 2.30. The summed E-state index contributed by atoms with van der Waals surface area (Å²) in [6.07, 6.45) is 10.2. The summed E-state index contributed by atoms with van der Waals surface area (Å²) in [7, 11) is 0. The van der Waals surface area contributed by atoms with E-state index in [1.165, 1.54) is 24.8 Å². The summed E-state index contributed by atoms with van der Waals surface area (Å²) in [5.74, 6) is 0. The van der Waals surface area contributed by atoms with Crippen molar-refractivity contribution in [3.63, 3.8) is 0 Å². The molecule has 1 aromatic rings. The largest absolute Gasteiger partial charge is 0.367 e. The molecule has 0 spiro atoms. The highest BCUT2D eigenvalue weighted by molar-refractivity contribution is 5.13. The summed E-state index contributed by atoms with van der Waals surface area (Å²) in [5, 5.41) is 0. The second-order valence-electron chi connectivity index (χ2n) is 5.18. The van der Waals surface area contributed by atoms with E-state index in [2.05, 4.69) is 45.1 Å². The van der Waals surface area contributed by atoms with Crippen LogP contribution in [0.3, 0.4) is 0 Å². The van der Waals surface area contributed by atoms with E-state index in [0.717, 1.165) is 6.42 Å². The van der Waals surface area contributed by atoms with Crippen molar-refractivity contribution in [1.29, 1.82) is 0 Å². The van der Waals surface area contributed by atoms with Crippen molar-refractivity contribution in [2.45, 2.75) is 58.7 Å². The van der Waals surface area contributed by atoms with Crippen LogP contribution in [0.2, 0.25) is 0 Å². The lowest BCUT2D eigenvalue weighted by Crippen LogP contribution is -2.21. The molecule has 1 aromatic carbocycles. The van der Waals surface area contributed by atoms with Gasteiger partial charge in [-0.15, -0.1) is 0 Å². The molecular formula is C17H25O. The van der Waals surface area contributed by atoms with Gasteiger partial charge < -0.3 is 4.74 Å². The van der Waals surface area contributed by atoms with Gasteiger partial charge in [-0.2, -0.15) is 0 Å². The second kappa shape index (κ2) is 8.10. The van der Waals surface area contributed by atoms with Crippen molar-refractivity contribution in [3.05, 3.63) is 48.0 Å². The Labute approximate surface area is 112 Å². The molecular weight excluding hydrogens is 220 g/mol. The lowest BCUT2D eigenvalue weighted by molar-refractivity contribution is 0.00663. The van der Waals surface area contributed by atoms with E-state index in [4.69, 9.17) is 4.74 Å². The molecule has 0 aromatic heterocycles. The molecule has 0 atom stereocenters. The third kappa shape index (κ3) is 6.61. The second-order valence-corrected chi connectivity index (χ2v) is 5.18. The van der Waals surface area contributed by atoms with Crippen LogP contribution in [-0.4, -0.2) is 5.60 Å². The predicted molar refractivity (Wildman–Crippen MR) is 77.3 cm³/mol. The van der Waals surface area contributed by atoms with Crippen LogP contribution in [0.15, 0.2) is 36.4 Å². The van der Waals surface area contributed by atoms with Crippen molar-refractivity contribution in [1.82, 2.24) is 0 Å². The lowest BCUT2D eigenvalue weighted by Gasteiger charge is -2.21. The molecule has 0 amide bonds. The molecule has 1 heteroatoms. The van der Waals surface area contributed by atoms with Crippen molar-refractivity contribution in [2.24, 2.45) is 0 Å². The summed E-state index contributed by atoms with van der Waals surface area (Å²) in [6, 6.07) is 10.3. The van der Waals surface area contributed by atoms with Gasteiger partial charge in [0.1, 0.15) is 0 Å². The molecule has 0 heterocycles. The maximum Gasteiger partial charge on any atom is 0.0816 e. The highest BCUT2D eigenvalue weighted by Crippen LogP contribution is 2.15. The van der Waals surface area contributed by atoms with Gasteiger partial charge in [-0.3, -0.25) is 0 Å². The Kier molecular flexibility index (Phi) is 6.74. The highest BCUT2D eigenvalue weighted by atomic mass is 16.5. The Bertz CT molecular complexity index is 338. The molecule has 99 valence electrons. The predicted octanol–water partition coefficient (Wildman–Crippen LogP) is 4.92. The van der Waals surface area contributed by atoms with Gasteiger partial charge in [0.2, 0.25) is 0 Å². The number of unbranched alkanes of at least 4 members (excludes halogenated alkanes) is 3. The van der Waals surface area contributed by atoms with Crippen LogP contribution < -0.4 is 0 Å². The quantitative estimate of drug-likeness (QED) is 0.591. The summed E-state index contributed by atoms with van der Waals surface area (Å²) in [4.78, 5) is 0. The zero-order valence-electron chi connectivity index (χ0n) is 11.9. The Morgan fingerprint density at radius 1 is 1.17 bits per heavy atom. The summed E-state index contributed by atoms with van der Waals surface area (Å²) >= 11 is 0. The molecule has 0 aliphatic rings. The Hall–Kier alpha value is -1.08. The summed E-state index contributed by atoms with van der Waals surface area (Å²) < 4.78 is 5.90. The van der Waals surface area contributed by atoms with E-state index in [9.17, 15) is 0 Å². The third-order valence-corrected chi connectivity index (χ3v) is 2.83. The first-order valence-electron chi connectivity index (χ1n) is 6.90. The molecule has 1 radical (unpaired) electrons. The molecule has 0 aliphatic carbocycles. The number of benzene rings is 1. The van der Waals surface area contributed by atoms with Crippen LogP contribution >= 0.6 is 0 Å². The number of rotatable bonds is 8. The van der Waals surface area contributed by atoms with E-state index in [0.29, 0.717) is 6.61 Å².